The highest BCUT2D eigenvalue weighted by molar-refractivity contribution is 6.33. The third-order valence-corrected chi connectivity index (χ3v) is 5.36. The molecule has 2 N–H and O–H groups in total. The highest BCUT2D eigenvalue weighted by Crippen LogP contribution is 2.38. The average molecular weight is 441 g/mol. The zero-order valence-electron chi connectivity index (χ0n) is 17.6. The number of hydrogen-bond donors (Lipinski definition) is 2. The summed E-state index contributed by atoms with van der Waals surface area (Å²) < 4.78 is 1.62. The largest absolute Gasteiger partial charge is 0.493 e. The fourth-order valence-corrected chi connectivity index (χ4v) is 3.52. The second-order valence-corrected chi connectivity index (χ2v) is 7.80. The quantitative estimate of drug-likeness (QED) is 0.360. The Balaban J connectivity index is 1.44. The number of aryl methyl sites for hydroxylation is 2. The molecular weight excluding hydrogens is 416 g/mol. The van der Waals surface area contributed by atoms with E-state index in [1.54, 1.807) is 35.9 Å². The van der Waals surface area contributed by atoms with Crippen LogP contribution < -0.4 is 5.32 Å². The lowest BCUT2D eigenvalue weighted by molar-refractivity contribution is -0.118. The van der Waals surface area contributed by atoms with Gasteiger partial charge in [-0.1, -0.05) is 41.8 Å². The molecule has 1 aromatic heterocycles. The van der Waals surface area contributed by atoms with Gasteiger partial charge in [0.2, 0.25) is 5.88 Å². The first kappa shape index (κ1) is 22.5. The van der Waals surface area contributed by atoms with Crippen molar-refractivity contribution in [3.63, 3.8) is 0 Å². The second-order valence-electron chi connectivity index (χ2n) is 7.39. The van der Waals surface area contributed by atoms with Crippen molar-refractivity contribution in [3.8, 4) is 5.88 Å². The molecule has 2 amide bonds. The van der Waals surface area contributed by atoms with E-state index in [9.17, 15) is 14.7 Å². The molecule has 1 heterocycles. The van der Waals surface area contributed by atoms with Crippen LogP contribution in [-0.4, -0.2) is 28.0 Å². The summed E-state index contributed by atoms with van der Waals surface area (Å²) in [7, 11) is 1.73. The summed E-state index contributed by atoms with van der Waals surface area (Å²) in [5.74, 6) is -0.573. The van der Waals surface area contributed by atoms with Gasteiger partial charge in [0.25, 0.3) is 11.8 Å². The summed E-state index contributed by atoms with van der Waals surface area (Å²) >= 11 is 6.01. The molecule has 7 nitrogen and oxygen atoms in total. The van der Waals surface area contributed by atoms with E-state index in [2.05, 4.69) is 15.5 Å². The van der Waals surface area contributed by atoms with E-state index in [0.717, 1.165) is 29.3 Å². The lowest BCUT2D eigenvalue weighted by atomic mass is 10.1. The maximum atomic E-state index is 12.1. The molecule has 8 heteroatoms. The number of rotatable bonds is 8. The molecular formula is C23H25ClN4O3. The first-order chi connectivity index (χ1) is 14.9. The smallest absolute Gasteiger partial charge is 0.264 e. The normalized spacial score (nSPS) is 11.3. The van der Waals surface area contributed by atoms with Gasteiger partial charge in [-0.2, -0.15) is 0 Å². The number of amides is 2. The minimum absolute atomic E-state index is 0.0218. The first-order valence-electron chi connectivity index (χ1n) is 10.1. The maximum Gasteiger partial charge on any atom is 0.264 e. The Morgan fingerprint density at radius 2 is 1.90 bits per heavy atom. The SMILES string of the molecule is Cc1ccc2c(c1)c(N=NC(=O)CCCCCNC(=O)c1ccccc1Cl)c(O)n2C. The van der Waals surface area contributed by atoms with Crippen LogP contribution in [0.25, 0.3) is 10.9 Å². The number of carbonyl (C=O) groups excluding carboxylic acids is 2. The number of carbonyl (C=O) groups is 2. The Morgan fingerprint density at radius 3 is 2.68 bits per heavy atom. The van der Waals surface area contributed by atoms with Crippen molar-refractivity contribution in [1.29, 1.82) is 0 Å². The molecule has 0 fully saturated rings. The number of benzene rings is 2. The van der Waals surface area contributed by atoms with Crippen molar-refractivity contribution in [1.82, 2.24) is 9.88 Å². The second kappa shape index (κ2) is 10.2. The van der Waals surface area contributed by atoms with Crippen LogP contribution in [-0.2, 0) is 11.8 Å². The number of nitrogens with one attached hydrogen (secondary N) is 1. The van der Waals surface area contributed by atoms with Crippen LogP contribution in [0.3, 0.4) is 0 Å². The van der Waals surface area contributed by atoms with E-state index < -0.39 is 0 Å². The molecule has 0 aliphatic carbocycles. The van der Waals surface area contributed by atoms with Gasteiger partial charge in [-0.25, -0.2) is 0 Å². The molecule has 3 rings (SSSR count). The summed E-state index contributed by atoms with van der Waals surface area (Å²) in [6, 6.07) is 12.6. The van der Waals surface area contributed by atoms with Crippen LogP contribution in [0.2, 0.25) is 5.02 Å². The Morgan fingerprint density at radius 1 is 1.13 bits per heavy atom. The highest BCUT2D eigenvalue weighted by Gasteiger charge is 2.15. The minimum Gasteiger partial charge on any atom is -0.493 e. The van der Waals surface area contributed by atoms with Crippen LogP contribution >= 0.6 is 11.6 Å². The molecule has 0 saturated carbocycles. The highest BCUT2D eigenvalue weighted by atomic mass is 35.5. The monoisotopic (exact) mass is 440 g/mol. The molecule has 0 aliphatic heterocycles. The molecule has 2 aromatic carbocycles. The number of hydrogen-bond acceptors (Lipinski definition) is 4. The number of aromatic nitrogens is 1. The minimum atomic E-state index is -0.343. The molecule has 0 unspecified atom stereocenters. The third-order valence-electron chi connectivity index (χ3n) is 5.03. The summed E-state index contributed by atoms with van der Waals surface area (Å²) in [4.78, 5) is 24.1. The van der Waals surface area contributed by atoms with Gasteiger partial charge in [0.05, 0.1) is 16.1 Å². The number of aromatic hydroxyl groups is 1. The van der Waals surface area contributed by atoms with Gasteiger partial charge < -0.3 is 15.0 Å². The van der Waals surface area contributed by atoms with E-state index in [-0.39, 0.29) is 24.1 Å². The Kier molecular flexibility index (Phi) is 7.41. The van der Waals surface area contributed by atoms with Crippen molar-refractivity contribution < 1.29 is 14.7 Å². The predicted molar refractivity (Wildman–Crippen MR) is 121 cm³/mol. The van der Waals surface area contributed by atoms with Gasteiger partial charge in [-0.05, 0) is 44.0 Å². The van der Waals surface area contributed by atoms with Crippen LogP contribution in [0.1, 0.15) is 41.6 Å². The van der Waals surface area contributed by atoms with Crippen LogP contribution in [0.4, 0.5) is 5.69 Å². The Hall–Kier alpha value is -3.19. The zero-order chi connectivity index (χ0) is 22.4. The molecule has 31 heavy (non-hydrogen) atoms. The third kappa shape index (κ3) is 5.49. The maximum absolute atomic E-state index is 12.1. The van der Waals surface area contributed by atoms with Gasteiger partial charge in [0.15, 0.2) is 5.69 Å². The van der Waals surface area contributed by atoms with E-state index in [0.29, 0.717) is 29.2 Å². The average Bonchev–Trinajstić information content (AvgIpc) is 2.98. The summed E-state index contributed by atoms with van der Waals surface area (Å²) in [6.07, 6.45) is 2.40. The number of unbranched alkanes of at least 4 members (excludes halogenated alkanes) is 2. The van der Waals surface area contributed by atoms with Gasteiger partial charge in [0.1, 0.15) is 0 Å². The van der Waals surface area contributed by atoms with Gasteiger partial charge in [-0.3, -0.25) is 9.59 Å². The van der Waals surface area contributed by atoms with Gasteiger partial charge >= 0.3 is 0 Å². The van der Waals surface area contributed by atoms with Crippen LogP contribution in [0.5, 0.6) is 5.88 Å². The van der Waals surface area contributed by atoms with Gasteiger partial charge in [-0.15, -0.1) is 10.2 Å². The summed E-state index contributed by atoms with van der Waals surface area (Å²) in [6.45, 7) is 2.45. The van der Waals surface area contributed by atoms with Crippen molar-refractivity contribution >= 4 is 40.0 Å². The predicted octanol–water partition coefficient (Wildman–Crippen LogP) is 5.45. The Bertz CT molecular complexity index is 1140. The molecule has 162 valence electrons. The fraction of sp³-hybridized carbons (Fsp3) is 0.304. The molecule has 0 saturated heterocycles. The van der Waals surface area contributed by atoms with E-state index in [1.807, 2.05) is 25.1 Å². The molecule has 0 spiro atoms. The van der Waals surface area contributed by atoms with Crippen molar-refractivity contribution in [2.45, 2.75) is 32.6 Å². The molecule has 0 radical (unpaired) electrons. The zero-order valence-corrected chi connectivity index (χ0v) is 18.3. The number of fused-ring (bicyclic) bond motifs is 1. The lowest BCUT2D eigenvalue weighted by Crippen LogP contribution is -2.24. The molecule has 0 aliphatic rings. The summed E-state index contributed by atoms with van der Waals surface area (Å²) in [5, 5.41) is 22.1. The van der Waals surface area contributed by atoms with Gasteiger partial charge in [0, 0.05) is 25.4 Å². The van der Waals surface area contributed by atoms with E-state index >= 15 is 0 Å². The van der Waals surface area contributed by atoms with Crippen molar-refractivity contribution in [2.75, 3.05) is 6.54 Å². The van der Waals surface area contributed by atoms with Crippen molar-refractivity contribution in [2.24, 2.45) is 17.3 Å². The van der Waals surface area contributed by atoms with E-state index in [1.165, 1.54) is 0 Å². The summed E-state index contributed by atoms with van der Waals surface area (Å²) in [5.41, 5.74) is 2.61. The van der Waals surface area contributed by atoms with E-state index in [4.69, 9.17) is 11.6 Å². The molecule has 0 atom stereocenters. The van der Waals surface area contributed by atoms with Crippen molar-refractivity contribution in [3.05, 3.63) is 58.6 Å². The number of nitrogens with zero attached hydrogens (tertiary/aromatic N) is 3. The molecule has 0 bridgehead atoms. The first-order valence-corrected chi connectivity index (χ1v) is 10.5. The topological polar surface area (TPSA) is 96.1 Å². The lowest BCUT2D eigenvalue weighted by Gasteiger charge is -2.06. The van der Waals surface area contributed by atoms with Crippen LogP contribution in [0.15, 0.2) is 52.7 Å². The van der Waals surface area contributed by atoms with Crippen LogP contribution in [0, 0.1) is 6.92 Å². The molecule has 3 aromatic rings. The standard InChI is InChI=1S/C23H25ClN4O3/c1-15-11-12-19-17(14-15)21(23(31)28(19)2)27-26-20(29)10-4-3-7-13-25-22(30)16-8-5-6-9-18(16)24/h5-6,8-9,11-12,14,31H,3-4,7,10,13H2,1-2H3,(H,25,30). The number of halogens is 1. The number of azo groups is 1. The fourth-order valence-electron chi connectivity index (χ4n) is 3.30. The Labute approximate surface area is 185 Å².